The summed E-state index contributed by atoms with van der Waals surface area (Å²) < 4.78 is 0. The smallest absolute Gasteiger partial charge is 0.236 e. The van der Waals surface area contributed by atoms with Gasteiger partial charge in [0.25, 0.3) is 0 Å². The minimum absolute atomic E-state index is 0.237. The molecule has 1 aromatic rings. The van der Waals surface area contributed by atoms with Crippen LogP contribution in [-0.4, -0.2) is 55.5 Å². The van der Waals surface area contributed by atoms with Gasteiger partial charge in [0.2, 0.25) is 5.91 Å². The van der Waals surface area contributed by atoms with Crippen LogP contribution in [0.1, 0.15) is 23.6 Å². The highest BCUT2D eigenvalue weighted by molar-refractivity contribution is 6.30. The first kappa shape index (κ1) is 14.8. The molecule has 1 fully saturated rings. The third-order valence-electron chi connectivity index (χ3n) is 4.54. The summed E-state index contributed by atoms with van der Waals surface area (Å²) in [5.41, 5.74) is 2.66. The van der Waals surface area contributed by atoms with Crippen molar-refractivity contribution in [1.82, 2.24) is 15.1 Å². The second-order valence-electron chi connectivity index (χ2n) is 5.94. The lowest BCUT2D eigenvalue weighted by atomic mass is 10.1. The molecule has 4 nitrogen and oxygen atoms in total. The zero-order valence-corrected chi connectivity index (χ0v) is 13.2. The quantitative estimate of drug-likeness (QED) is 0.923. The monoisotopic (exact) mass is 307 g/mol. The predicted molar refractivity (Wildman–Crippen MR) is 84.6 cm³/mol. The Labute approximate surface area is 131 Å². The number of amides is 1. The molecule has 1 aromatic carbocycles. The van der Waals surface area contributed by atoms with E-state index in [2.05, 4.69) is 29.4 Å². The average molecular weight is 308 g/mol. The van der Waals surface area contributed by atoms with E-state index in [-0.39, 0.29) is 5.91 Å². The van der Waals surface area contributed by atoms with Gasteiger partial charge in [-0.05, 0) is 43.1 Å². The minimum Gasteiger partial charge on any atom is -0.339 e. The second kappa shape index (κ2) is 6.34. The average Bonchev–Trinajstić information content (AvgIpc) is 2.91. The van der Waals surface area contributed by atoms with E-state index in [9.17, 15) is 4.79 Å². The van der Waals surface area contributed by atoms with Crippen LogP contribution in [0.2, 0.25) is 5.02 Å². The van der Waals surface area contributed by atoms with Crippen LogP contribution in [0.15, 0.2) is 18.2 Å². The van der Waals surface area contributed by atoms with E-state index in [1.165, 1.54) is 11.1 Å². The van der Waals surface area contributed by atoms with E-state index in [0.29, 0.717) is 12.6 Å². The highest BCUT2D eigenvalue weighted by atomic mass is 35.5. The van der Waals surface area contributed by atoms with Crippen LogP contribution in [0.4, 0.5) is 0 Å². The molecule has 1 aliphatic heterocycles. The Bertz CT molecular complexity index is 528. The third kappa shape index (κ3) is 3.23. The van der Waals surface area contributed by atoms with Crippen LogP contribution in [0.25, 0.3) is 0 Å². The summed E-state index contributed by atoms with van der Waals surface area (Å²) in [6.45, 7) is 3.94. The van der Waals surface area contributed by atoms with Crippen molar-refractivity contribution in [2.75, 3.05) is 39.8 Å². The lowest BCUT2D eigenvalue weighted by Gasteiger charge is -2.31. The Morgan fingerprint density at radius 2 is 2.19 bits per heavy atom. The number of carbonyl (C=O) groups is 1. The molecule has 1 heterocycles. The van der Waals surface area contributed by atoms with Gasteiger partial charge in [-0.3, -0.25) is 9.69 Å². The summed E-state index contributed by atoms with van der Waals surface area (Å²) in [5, 5.41) is 4.08. The molecular formula is C16H22ClN3O. The van der Waals surface area contributed by atoms with Gasteiger partial charge in [-0.25, -0.2) is 0 Å². The van der Waals surface area contributed by atoms with Gasteiger partial charge in [0.1, 0.15) is 0 Å². The summed E-state index contributed by atoms with van der Waals surface area (Å²) in [6.07, 6.45) is 2.12. The summed E-state index contributed by atoms with van der Waals surface area (Å²) in [6, 6.07) is 6.46. The van der Waals surface area contributed by atoms with E-state index < -0.39 is 0 Å². The fourth-order valence-electron chi connectivity index (χ4n) is 3.36. The van der Waals surface area contributed by atoms with Crippen molar-refractivity contribution < 1.29 is 4.79 Å². The maximum absolute atomic E-state index is 12.4. The summed E-state index contributed by atoms with van der Waals surface area (Å²) in [4.78, 5) is 16.5. The molecule has 1 unspecified atom stereocenters. The van der Waals surface area contributed by atoms with Crippen LogP contribution < -0.4 is 5.32 Å². The molecule has 1 saturated heterocycles. The lowest BCUT2D eigenvalue weighted by molar-refractivity contribution is -0.133. The molecule has 21 heavy (non-hydrogen) atoms. The van der Waals surface area contributed by atoms with Gasteiger partial charge in [-0.15, -0.1) is 0 Å². The van der Waals surface area contributed by atoms with E-state index in [1.807, 2.05) is 11.0 Å². The number of aryl methyl sites for hydroxylation is 1. The highest BCUT2D eigenvalue weighted by Crippen LogP contribution is 2.36. The molecule has 1 amide bonds. The maximum Gasteiger partial charge on any atom is 0.236 e. The summed E-state index contributed by atoms with van der Waals surface area (Å²) in [7, 11) is 2.05. The number of piperazine rings is 1. The fraction of sp³-hybridized carbons (Fsp3) is 0.562. The number of rotatable bonds is 3. The number of hydrogen-bond donors (Lipinski definition) is 1. The topological polar surface area (TPSA) is 35.6 Å². The van der Waals surface area contributed by atoms with Gasteiger partial charge in [-0.2, -0.15) is 0 Å². The van der Waals surface area contributed by atoms with E-state index >= 15 is 0 Å². The zero-order valence-electron chi connectivity index (χ0n) is 12.4. The molecule has 0 aromatic heterocycles. The van der Waals surface area contributed by atoms with E-state index in [1.54, 1.807) is 0 Å². The third-order valence-corrected chi connectivity index (χ3v) is 4.77. The standard InChI is InChI=1S/C16H22ClN3O/c1-19(11-16(21)20-8-6-18-7-9-20)15-5-2-12-10-13(17)3-4-14(12)15/h3-4,10,15,18H,2,5-9,11H2,1H3. The van der Waals surface area contributed by atoms with Gasteiger partial charge in [-0.1, -0.05) is 17.7 Å². The SMILES string of the molecule is CN(CC(=O)N1CCNCC1)C1CCc2cc(Cl)ccc21. The molecule has 5 heteroatoms. The highest BCUT2D eigenvalue weighted by Gasteiger charge is 2.28. The normalized spacial score (nSPS) is 21.7. The van der Waals surface area contributed by atoms with Crippen LogP contribution in [-0.2, 0) is 11.2 Å². The van der Waals surface area contributed by atoms with Gasteiger partial charge in [0.15, 0.2) is 0 Å². The maximum atomic E-state index is 12.4. The van der Waals surface area contributed by atoms with Crippen molar-refractivity contribution in [2.24, 2.45) is 0 Å². The number of hydrogen-bond acceptors (Lipinski definition) is 3. The molecule has 114 valence electrons. The van der Waals surface area contributed by atoms with Crippen LogP contribution in [0, 0.1) is 0 Å². The number of likely N-dealkylation sites (N-methyl/N-ethyl adjacent to an activating group) is 1. The van der Waals surface area contributed by atoms with Crippen molar-refractivity contribution in [3.05, 3.63) is 34.3 Å². The van der Waals surface area contributed by atoms with Gasteiger partial charge in [0, 0.05) is 37.2 Å². The Morgan fingerprint density at radius 3 is 2.95 bits per heavy atom. The number of nitrogens with one attached hydrogen (secondary N) is 1. The molecule has 3 rings (SSSR count). The van der Waals surface area contributed by atoms with Crippen LogP contribution in [0.3, 0.4) is 0 Å². The predicted octanol–water partition coefficient (Wildman–Crippen LogP) is 1.69. The van der Waals surface area contributed by atoms with Gasteiger partial charge in [0.05, 0.1) is 6.54 Å². The number of nitrogens with zero attached hydrogens (tertiary/aromatic N) is 2. The Hall–Kier alpha value is -1.10. The number of halogens is 1. The molecule has 2 aliphatic rings. The van der Waals surface area contributed by atoms with Crippen molar-refractivity contribution >= 4 is 17.5 Å². The Morgan fingerprint density at radius 1 is 1.43 bits per heavy atom. The number of fused-ring (bicyclic) bond motifs is 1. The molecule has 0 saturated carbocycles. The molecule has 0 radical (unpaired) electrons. The van der Waals surface area contributed by atoms with E-state index in [0.717, 1.165) is 44.0 Å². The van der Waals surface area contributed by atoms with Crippen LogP contribution in [0.5, 0.6) is 0 Å². The Kier molecular flexibility index (Phi) is 4.48. The summed E-state index contributed by atoms with van der Waals surface area (Å²) >= 11 is 6.06. The van der Waals surface area contributed by atoms with Crippen molar-refractivity contribution in [1.29, 1.82) is 0 Å². The van der Waals surface area contributed by atoms with Crippen molar-refractivity contribution in [3.8, 4) is 0 Å². The van der Waals surface area contributed by atoms with Gasteiger partial charge >= 0.3 is 0 Å². The molecule has 1 N–H and O–H groups in total. The number of carbonyl (C=O) groups excluding carboxylic acids is 1. The molecule has 1 atom stereocenters. The first-order chi connectivity index (χ1) is 10.1. The molecular weight excluding hydrogens is 286 g/mol. The van der Waals surface area contributed by atoms with Crippen LogP contribution >= 0.6 is 11.6 Å². The lowest BCUT2D eigenvalue weighted by Crippen LogP contribution is -2.49. The second-order valence-corrected chi connectivity index (χ2v) is 6.38. The zero-order chi connectivity index (χ0) is 14.8. The largest absolute Gasteiger partial charge is 0.339 e. The first-order valence-electron chi connectivity index (χ1n) is 7.62. The number of benzene rings is 1. The fourth-order valence-corrected chi connectivity index (χ4v) is 3.55. The van der Waals surface area contributed by atoms with Gasteiger partial charge < -0.3 is 10.2 Å². The van der Waals surface area contributed by atoms with Crippen molar-refractivity contribution in [3.63, 3.8) is 0 Å². The Balaban J connectivity index is 1.64. The van der Waals surface area contributed by atoms with E-state index in [4.69, 9.17) is 11.6 Å². The molecule has 1 aliphatic carbocycles. The minimum atomic E-state index is 0.237. The summed E-state index contributed by atoms with van der Waals surface area (Å²) in [5.74, 6) is 0.237. The molecule has 0 spiro atoms. The van der Waals surface area contributed by atoms with Crippen molar-refractivity contribution in [2.45, 2.75) is 18.9 Å². The molecule has 0 bridgehead atoms. The first-order valence-corrected chi connectivity index (χ1v) is 8.00.